The molecule has 1 fully saturated rings. The van der Waals surface area contributed by atoms with Gasteiger partial charge in [-0.1, -0.05) is 36.1 Å². The summed E-state index contributed by atoms with van der Waals surface area (Å²) in [6.07, 6.45) is -3.16. The molecule has 170 valence electrons. The Kier molecular flexibility index (Phi) is 6.48. The lowest BCUT2D eigenvalue weighted by atomic mass is 10.2. The van der Waals surface area contributed by atoms with Crippen molar-refractivity contribution in [3.05, 3.63) is 76.9 Å². The van der Waals surface area contributed by atoms with Gasteiger partial charge in [-0.05, 0) is 54.1 Å². The minimum absolute atomic E-state index is 0.229. The van der Waals surface area contributed by atoms with Crippen LogP contribution in [-0.2, 0) is 11.3 Å². The largest absolute Gasteiger partial charge is 0.573 e. The van der Waals surface area contributed by atoms with Crippen molar-refractivity contribution in [3.8, 4) is 22.8 Å². The third-order valence-corrected chi connectivity index (χ3v) is 6.02. The van der Waals surface area contributed by atoms with Crippen LogP contribution in [0.4, 0.5) is 13.2 Å². The molecule has 1 saturated heterocycles. The van der Waals surface area contributed by atoms with Crippen molar-refractivity contribution in [3.63, 3.8) is 0 Å². The Morgan fingerprint density at radius 2 is 1.70 bits per heavy atom. The molecule has 2 heterocycles. The third-order valence-electron chi connectivity index (χ3n) is 4.65. The lowest BCUT2D eigenvalue weighted by Gasteiger charge is -2.14. The molecule has 0 radical (unpaired) electrons. The highest BCUT2D eigenvalue weighted by atomic mass is 32.2. The number of methoxy groups -OCH3 is 1. The van der Waals surface area contributed by atoms with Crippen LogP contribution >= 0.6 is 24.0 Å². The first-order valence-electron chi connectivity index (χ1n) is 9.56. The Bertz CT molecular complexity index is 1200. The van der Waals surface area contributed by atoms with Crippen LogP contribution in [0.1, 0.15) is 11.3 Å². The first-order chi connectivity index (χ1) is 15.7. The predicted molar refractivity (Wildman–Crippen MR) is 123 cm³/mol. The van der Waals surface area contributed by atoms with E-state index in [0.29, 0.717) is 32.9 Å². The summed E-state index contributed by atoms with van der Waals surface area (Å²) >= 11 is 6.55. The molecule has 1 aliphatic heterocycles. The number of amides is 1. The first-order valence-corrected chi connectivity index (χ1v) is 10.8. The van der Waals surface area contributed by atoms with E-state index < -0.39 is 6.36 Å². The van der Waals surface area contributed by atoms with E-state index >= 15 is 0 Å². The number of ether oxygens (including phenoxy) is 2. The van der Waals surface area contributed by atoms with E-state index in [0.717, 1.165) is 11.3 Å². The maximum atomic E-state index is 12.9. The van der Waals surface area contributed by atoms with E-state index in [2.05, 4.69) is 4.74 Å². The van der Waals surface area contributed by atoms with Crippen molar-refractivity contribution < 1.29 is 31.9 Å². The van der Waals surface area contributed by atoms with Gasteiger partial charge in [-0.25, -0.2) is 0 Å². The smallest absolute Gasteiger partial charge is 0.497 e. The Labute approximate surface area is 196 Å². The lowest BCUT2D eigenvalue weighted by Crippen LogP contribution is -2.27. The number of hydrogen-bond donors (Lipinski definition) is 0. The lowest BCUT2D eigenvalue weighted by molar-refractivity contribution is -0.274. The molecule has 10 heteroatoms. The average molecular weight is 492 g/mol. The van der Waals surface area contributed by atoms with Gasteiger partial charge in [0.25, 0.3) is 5.91 Å². The normalized spacial score (nSPS) is 15.4. The van der Waals surface area contributed by atoms with Crippen molar-refractivity contribution in [1.29, 1.82) is 0 Å². The molecule has 0 aliphatic carbocycles. The van der Waals surface area contributed by atoms with E-state index in [4.69, 9.17) is 21.4 Å². The van der Waals surface area contributed by atoms with Crippen molar-refractivity contribution in [2.24, 2.45) is 0 Å². The highest BCUT2D eigenvalue weighted by Crippen LogP contribution is 2.35. The fourth-order valence-electron chi connectivity index (χ4n) is 3.09. The van der Waals surface area contributed by atoms with Crippen LogP contribution in [0.2, 0.25) is 0 Å². The van der Waals surface area contributed by atoms with Crippen LogP contribution < -0.4 is 9.47 Å². The zero-order valence-electron chi connectivity index (χ0n) is 17.1. The summed E-state index contributed by atoms with van der Waals surface area (Å²) in [5, 5.41) is 0. The Morgan fingerprint density at radius 1 is 1.03 bits per heavy atom. The molecule has 33 heavy (non-hydrogen) atoms. The van der Waals surface area contributed by atoms with E-state index in [1.54, 1.807) is 25.3 Å². The maximum Gasteiger partial charge on any atom is 0.573 e. The monoisotopic (exact) mass is 491 g/mol. The highest BCUT2D eigenvalue weighted by molar-refractivity contribution is 8.26. The minimum atomic E-state index is -4.75. The zero-order valence-corrected chi connectivity index (χ0v) is 18.7. The molecule has 0 saturated carbocycles. The number of hydrogen-bond acceptors (Lipinski definition) is 6. The molecule has 0 unspecified atom stereocenters. The van der Waals surface area contributed by atoms with Crippen LogP contribution in [0.3, 0.4) is 0 Å². The van der Waals surface area contributed by atoms with Gasteiger partial charge in [-0.3, -0.25) is 9.69 Å². The van der Waals surface area contributed by atoms with E-state index in [9.17, 15) is 18.0 Å². The van der Waals surface area contributed by atoms with Crippen LogP contribution in [0.15, 0.2) is 70.0 Å². The molecule has 1 amide bonds. The summed E-state index contributed by atoms with van der Waals surface area (Å²) in [6.45, 7) is 0.335. The van der Waals surface area contributed by atoms with Gasteiger partial charge < -0.3 is 13.9 Å². The van der Waals surface area contributed by atoms with Gasteiger partial charge >= 0.3 is 6.36 Å². The molecule has 0 bridgehead atoms. The van der Waals surface area contributed by atoms with Gasteiger partial charge in [-0.15, -0.1) is 13.2 Å². The zero-order chi connectivity index (χ0) is 23.6. The number of rotatable bonds is 6. The summed E-state index contributed by atoms with van der Waals surface area (Å²) in [6, 6.07) is 16.0. The molecule has 0 spiro atoms. The number of thiocarbonyl (C=S) groups is 1. The van der Waals surface area contributed by atoms with Crippen molar-refractivity contribution in [2.75, 3.05) is 7.11 Å². The number of thioether (sulfide) groups is 1. The Balaban J connectivity index is 1.46. The number of alkyl halides is 3. The van der Waals surface area contributed by atoms with Gasteiger partial charge in [0, 0.05) is 11.6 Å². The molecule has 5 nitrogen and oxygen atoms in total. The highest BCUT2D eigenvalue weighted by Gasteiger charge is 2.32. The van der Waals surface area contributed by atoms with E-state index in [1.807, 2.05) is 24.3 Å². The quantitative estimate of drug-likeness (QED) is 0.300. The maximum absolute atomic E-state index is 12.9. The van der Waals surface area contributed by atoms with Crippen molar-refractivity contribution in [1.82, 2.24) is 4.90 Å². The van der Waals surface area contributed by atoms with Gasteiger partial charge in [0.15, 0.2) is 0 Å². The summed E-state index contributed by atoms with van der Waals surface area (Å²) in [4.78, 5) is 14.8. The molecule has 3 aromatic rings. The van der Waals surface area contributed by atoms with Crippen LogP contribution in [0, 0.1) is 0 Å². The molecule has 1 aromatic heterocycles. The number of carbonyl (C=O) groups is 1. The minimum Gasteiger partial charge on any atom is -0.497 e. The van der Waals surface area contributed by atoms with Crippen molar-refractivity contribution in [2.45, 2.75) is 12.9 Å². The average Bonchev–Trinajstić information content (AvgIpc) is 3.34. The summed E-state index contributed by atoms with van der Waals surface area (Å²) in [5.74, 6) is 1.03. The Morgan fingerprint density at radius 3 is 2.33 bits per heavy atom. The summed E-state index contributed by atoms with van der Waals surface area (Å²) < 4.78 is 52.1. The summed E-state index contributed by atoms with van der Waals surface area (Å²) in [5.41, 5.74) is 1.47. The number of benzene rings is 2. The topological polar surface area (TPSA) is 51.9 Å². The van der Waals surface area contributed by atoms with Crippen LogP contribution in [-0.4, -0.2) is 28.6 Å². The number of halogens is 3. The number of carbonyl (C=O) groups excluding carboxylic acids is 1. The second-order valence-electron chi connectivity index (χ2n) is 6.89. The first kappa shape index (κ1) is 22.9. The van der Waals surface area contributed by atoms with Gasteiger partial charge in [0.05, 0.1) is 18.6 Å². The Hall–Kier alpha value is -3.24. The van der Waals surface area contributed by atoms with Gasteiger partial charge in [0.2, 0.25) is 0 Å². The standard InChI is InChI=1S/C23H16F3NO4S2/c1-29-16-6-2-14(3-7-16)13-27-21(28)20(33-22(27)32)12-18-10-11-19(30-18)15-4-8-17(9-5-15)31-23(24,25)26/h2-12H,13H2,1H3/b20-12-. The second-order valence-corrected chi connectivity index (χ2v) is 8.57. The van der Waals surface area contributed by atoms with Crippen LogP contribution in [0.5, 0.6) is 11.5 Å². The number of nitrogens with zero attached hydrogens (tertiary/aromatic N) is 1. The van der Waals surface area contributed by atoms with Gasteiger partial charge in [0.1, 0.15) is 27.3 Å². The molecular formula is C23H16F3NO4S2. The molecule has 0 N–H and O–H groups in total. The number of furan rings is 1. The second kappa shape index (κ2) is 9.32. The molecule has 0 atom stereocenters. The molecular weight excluding hydrogens is 475 g/mol. The SMILES string of the molecule is COc1ccc(CN2C(=O)/C(=C/c3ccc(-c4ccc(OC(F)(F)F)cc4)o3)SC2=S)cc1. The fraction of sp³-hybridized carbons (Fsp3) is 0.130. The van der Waals surface area contributed by atoms with E-state index in [1.165, 1.54) is 40.9 Å². The molecule has 4 rings (SSSR count). The molecule has 2 aromatic carbocycles. The molecule has 1 aliphatic rings. The van der Waals surface area contributed by atoms with Gasteiger partial charge in [-0.2, -0.15) is 0 Å². The van der Waals surface area contributed by atoms with E-state index in [-0.39, 0.29) is 11.7 Å². The van der Waals surface area contributed by atoms with Crippen LogP contribution in [0.25, 0.3) is 17.4 Å². The third kappa shape index (κ3) is 5.58. The fourth-order valence-corrected chi connectivity index (χ4v) is 4.32. The predicted octanol–water partition coefficient (Wildman–Crippen LogP) is 6.26. The summed E-state index contributed by atoms with van der Waals surface area (Å²) in [7, 11) is 1.58. The van der Waals surface area contributed by atoms with Crippen molar-refractivity contribution >= 4 is 40.3 Å².